The van der Waals surface area contributed by atoms with E-state index in [1.807, 2.05) is 6.92 Å². The van der Waals surface area contributed by atoms with Gasteiger partial charge in [0.05, 0.1) is 5.60 Å². The minimum atomic E-state index is -0.481. The largest absolute Gasteiger partial charge is 0.385 e. The Bertz CT molecular complexity index is 209. The smallest absolute Gasteiger partial charge is 0.0884 e. The van der Waals surface area contributed by atoms with E-state index in [1.54, 1.807) is 0 Å². The van der Waals surface area contributed by atoms with E-state index in [-0.39, 0.29) is 0 Å². The summed E-state index contributed by atoms with van der Waals surface area (Å²) in [4.78, 5) is 0. The summed E-state index contributed by atoms with van der Waals surface area (Å²) in [5, 5.41) is 10.2. The van der Waals surface area contributed by atoms with Crippen molar-refractivity contribution in [1.29, 1.82) is 0 Å². The maximum atomic E-state index is 10.2. The highest BCUT2D eigenvalue weighted by Gasteiger charge is 2.53. The third-order valence-electron chi connectivity index (χ3n) is 3.83. The van der Waals surface area contributed by atoms with E-state index in [9.17, 15) is 5.11 Å². The van der Waals surface area contributed by atoms with E-state index in [0.717, 1.165) is 17.9 Å². The molecule has 0 amide bonds. The van der Waals surface area contributed by atoms with Crippen molar-refractivity contribution >= 4 is 0 Å². The van der Waals surface area contributed by atoms with Gasteiger partial charge in [-0.3, -0.25) is 0 Å². The third kappa shape index (κ3) is 0.957. The first-order valence-electron chi connectivity index (χ1n) is 5.03. The molecule has 0 radical (unpaired) electrons. The van der Waals surface area contributed by atoms with Crippen LogP contribution >= 0.6 is 0 Å². The fraction of sp³-hybridized carbons (Fsp3) is 0.818. The quantitative estimate of drug-likeness (QED) is 0.593. The molecule has 1 heteroatoms. The number of hydrogen-bond acceptors (Lipinski definition) is 1. The molecule has 0 aromatic heterocycles. The summed E-state index contributed by atoms with van der Waals surface area (Å²) in [5.74, 6) is 1.35. The maximum Gasteiger partial charge on any atom is 0.0884 e. The van der Waals surface area contributed by atoms with Gasteiger partial charge in [-0.15, -0.1) is 0 Å². The molecule has 2 aliphatic carbocycles. The van der Waals surface area contributed by atoms with Gasteiger partial charge >= 0.3 is 0 Å². The highest BCUT2D eigenvalue weighted by Crippen LogP contribution is 2.54. The van der Waals surface area contributed by atoms with Crippen LogP contribution in [0.15, 0.2) is 12.2 Å². The lowest BCUT2D eigenvalue weighted by atomic mass is 9.54. The van der Waals surface area contributed by atoms with Gasteiger partial charge in [-0.25, -0.2) is 0 Å². The second-order valence-electron chi connectivity index (χ2n) is 4.56. The summed E-state index contributed by atoms with van der Waals surface area (Å²) in [6.45, 7) is 5.85. The Morgan fingerprint density at radius 2 is 2.08 bits per heavy atom. The van der Waals surface area contributed by atoms with Gasteiger partial charge in [0, 0.05) is 0 Å². The zero-order valence-corrected chi connectivity index (χ0v) is 7.84. The second kappa shape index (κ2) is 2.59. The van der Waals surface area contributed by atoms with E-state index in [2.05, 4.69) is 6.58 Å². The fourth-order valence-electron chi connectivity index (χ4n) is 2.96. The predicted octanol–water partition coefficient (Wildman–Crippen LogP) is 2.50. The van der Waals surface area contributed by atoms with E-state index < -0.39 is 5.60 Å². The average Bonchev–Trinajstić information content (AvgIpc) is 2.02. The van der Waals surface area contributed by atoms with Crippen LogP contribution in [0.5, 0.6) is 0 Å². The Morgan fingerprint density at radius 1 is 1.42 bits per heavy atom. The van der Waals surface area contributed by atoms with Crippen molar-refractivity contribution in [2.75, 3.05) is 0 Å². The molecule has 2 rings (SSSR count). The lowest BCUT2D eigenvalue weighted by molar-refractivity contribution is -0.126. The Balaban J connectivity index is 2.09. The average molecular weight is 166 g/mol. The molecule has 0 saturated heterocycles. The number of rotatable bonds is 1. The van der Waals surface area contributed by atoms with Crippen LogP contribution in [0.4, 0.5) is 0 Å². The van der Waals surface area contributed by atoms with Crippen molar-refractivity contribution in [2.24, 2.45) is 11.8 Å². The van der Waals surface area contributed by atoms with E-state index in [4.69, 9.17) is 0 Å². The molecular weight excluding hydrogens is 148 g/mol. The lowest BCUT2D eigenvalue weighted by Crippen LogP contribution is -2.55. The van der Waals surface area contributed by atoms with E-state index in [0.29, 0.717) is 5.92 Å². The molecule has 0 spiro atoms. The number of hydrogen-bond donors (Lipinski definition) is 1. The van der Waals surface area contributed by atoms with E-state index >= 15 is 0 Å². The van der Waals surface area contributed by atoms with Crippen LogP contribution in [-0.2, 0) is 0 Å². The summed E-state index contributed by atoms with van der Waals surface area (Å²) in [5.41, 5.74) is 0.496. The molecule has 1 nitrogen and oxygen atoms in total. The molecule has 0 aliphatic heterocycles. The van der Waals surface area contributed by atoms with Crippen LogP contribution in [0.1, 0.15) is 39.0 Å². The van der Waals surface area contributed by atoms with Crippen LogP contribution in [0, 0.1) is 11.8 Å². The predicted molar refractivity (Wildman–Crippen MR) is 49.8 cm³/mol. The topological polar surface area (TPSA) is 20.2 Å². The summed E-state index contributed by atoms with van der Waals surface area (Å²) >= 11 is 0. The molecule has 2 saturated carbocycles. The van der Waals surface area contributed by atoms with Crippen molar-refractivity contribution < 1.29 is 5.11 Å². The minimum Gasteiger partial charge on any atom is -0.385 e. The Morgan fingerprint density at radius 3 is 2.67 bits per heavy atom. The van der Waals surface area contributed by atoms with Gasteiger partial charge in [0.15, 0.2) is 0 Å². The Hall–Kier alpha value is -0.300. The Labute approximate surface area is 74.5 Å². The molecule has 1 N–H and O–H groups in total. The van der Waals surface area contributed by atoms with Gasteiger partial charge in [-0.2, -0.15) is 0 Å². The van der Waals surface area contributed by atoms with Crippen LogP contribution in [0.2, 0.25) is 0 Å². The first-order chi connectivity index (χ1) is 5.64. The standard InChI is InChI=1S/C11H18O/c1-8(2)11(12)7-9-5-3-4-6-10(9)11/h9-10,12H,1,3-7H2,2H3/t9-,10-,11+/m0/s1. The van der Waals surface area contributed by atoms with Gasteiger partial charge in [0.1, 0.15) is 0 Å². The third-order valence-corrected chi connectivity index (χ3v) is 3.83. The fourth-order valence-corrected chi connectivity index (χ4v) is 2.96. The summed E-state index contributed by atoms with van der Waals surface area (Å²) < 4.78 is 0. The molecule has 0 heterocycles. The van der Waals surface area contributed by atoms with Crippen LogP contribution in [0.25, 0.3) is 0 Å². The normalized spacial score (nSPS) is 46.2. The van der Waals surface area contributed by atoms with Gasteiger partial charge in [-0.1, -0.05) is 19.4 Å². The molecule has 2 aliphatic rings. The Kier molecular flexibility index (Phi) is 1.80. The summed E-state index contributed by atoms with van der Waals surface area (Å²) in [6.07, 6.45) is 6.20. The molecule has 0 aromatic carbocycles. The number of fused-ring (bicyclic) bond motifs is 1. The molecule has 12 heavy (non-hydrogen) atoms. The van der Waals surface area contributed by atoms with Crippen molar-refractivity contribution in [3.63, 3.8) is 0 Å². The van der Waals surface area contributed by atoms with Crippen molar-refractivity contribution in [3.05, 3.63) is 12.2 Å². The first kappa shape index (κ1) is 8.31. The van der Waals surface area contributed by atoms with Crippen molar-refractivity contribution in [1.82, 2.24) is 0 Å². The molecule has 2 fully saturated rings. The molecule has 0 bridgehead atoms. The summed E-state index contributed by atoms with van der Waals surface area (Å²) in [6, 6.07) is 0. The van der Waals surface area contributed by atoms with Crippen LogP contribution in [0.3, 0.4) is 0 Å². The second-order valence-corrected chi connectivity index (χ2v) is 4.56. The zero-order chi connectivity index (χ0) is 8.77. The SMILES string of the molecule is C=C(C)[C@]1(O)C[C@@H]2CCCC[C@@H]21. The lowest BCUT2D eigenvalue weighted by Gasteiger charge is -2.55. The van der Waals surface area contributed by atoms with Crippen molar-refractivity contribution in [2.45, 2.75) is 44.6 Å². The monoisotopic (exact) mass is 166 g/mol. The molecule has 0 unspecified atom stereocenters. The van der Waals surface area contributed by atoms with E-state index in [1.165, 1.54) is 25.7 Å². The molecular formula is C11H18O. The van der Waals surface area contributed by atoms with Gasteiger partial charge in [-0.05, 0) is 43.6 Å². The molecule has 68 valence electrons. The highest BCUT2D eigenvalue weighted by molar-refractivity contribution is 5.20. The molecule has 0 aromatic rings. The van der Waals surface area contributed by atoms with Gasteiger partial charge in [0.2, 0.25) is 0 Å². The summed E-state index contributed by atoms with van der Waals surface area (Å²) in [7, 11) is 0. The molecule has 3 atom stereocenters. The minimum absolute atomic E-state index is 0.481. The van der Waals surface area contributed by atoms with Gasteiger partial charge in [0.25, 0.3) is 0 Å². The zero-order valence-electron chi connectivity index (χ0n) is 7.84. The van der Waals surface area contributed by atoms with Crippen LogP contribution < -0.4 is 0 Å². The maximum absolute atomic E-state index is 10.2. The van der Waals surface area contributed by atoms with Gasteiger partial charge < -0.3 is 5.11 Å². The first-order valence-corrected chi connectivity index (χ1v) is 5.03. The van der Waals surface area contributed by atoms with Crippen LogP contribution in [-0.4, -0.2) is 10.7 Å². The van der Waals surface area contributed by atoms with Crippen molar-refractivity contribution in [3.8, 4) is 0 Å². The highest BCUT2D eigenvalue weighted by atomic mass is 16.3. The number of aliphatic hydroxyl groups is 1.